The number of aromatic nitrogens is 3. The molecule has 5 nitrogen and oxygen atoms in total. The number of thiophene rings is 1. The van der Waals surface area contributed by atoms with Crippen molar-refractivity contribution >= 4 is 23.1 Å². The van der Waals surface area contributed by atoms with Gasteiger partial charge in [-0.1, -0.05) is 31.2 Å². The molecule has 0 saturated heterocycles. The second-order valence-electron chi connectivity index (χ2n) is 8.20. The normalized spacial score (nSPS) is 15.4. The molecule has 32 heavy (non-hydrogen) atoms. The molecule has 0 amide bonds. The van der Waals surface area contributed by atoms with Crippen molar-refractivity contribution in [2.45, 2.75) is 57.0 Å². The van der Waals surface area contributed by atoms with Gasteiger partial charge >= 0.3 is 0 Å². The molecule has 1 aliphatic carbocycles. The van der Waals surface area contributed by atoms with E-state index in [1.807, 2.05) is 29.5 Å². The number of benzene rings is 1. The van der Waals surface area contributed by atoms with E-state index in [9.17, 15) is 0 Å². The van der Waals surface area contributed by atoms with E-state index in [2.05, 4.69) is 41.3 Å². The maximum absolute atomic E-state index is 5.48. The van der Waals surface area contributed by atoms with Gasteiger partial charge in [0.1, 0.15) is 0 Å². The lowest BCUT2D eigenvalue weighted by Crippen LogP contribution is -2.10. The first kappa shape index (κ1) is 22.9. The summed E-state index contributed by atoms with van der Waals surface area (Å²) in [5.74, 6) is 4.04. The van der Waals surface area contributed by atoms with Gasteiger partial charge in [-0.25, -0.2) is 0 Å². The third-order valence-electron chi connectivity index (χ3n) is 6.21. The zero-order valence-electron chi connectivity index (χ0n) is 19.3. The molecule has 7 heteroatoms. The van der Waals surface area contributed by atoms with Crippen LogP contribution in [0.25, 0.3) is 10.7 Å². The highest BCUT2D eigenvalue weighted by Crippen LogP contribution is 2.39. The van der Waals surface area contributed by atoms with Gasteiger partial charge in [0, 0.05) is 17.2 Å². The predicted octanol–water partition coefficient (Wildman–Crippen LogP) is 6.33. The molecule has 0 aliphatic heterocycles. The van der Waals surface area contributed by atoms with Gasteiger partial charge in [0.15, 0.2) is 22.5 Å². The summed E-state index contributed by atoms with van der Waals surface area (Å²) in [4.78, 5) is 2.74. The first-order valence-corrected chi connectivity index (χ1v) is 12.9. The first-order valence-electron chi connectivity index (χ1n) is 11.1. The van der Waals surface area contributed by atoms with E-state index >= 15 is 0 Å². The van der Waals surface area contributed by atoms with E-state index in [1.165, 1.54) is 52.1 Å². The minimum absolute atomic E-state index is 0.690. The molecule has 1 unspecified atom stereocenters. The largest absolute Gasteiger partial charge is 0.493 e. The Morgan fingerprint density at radius 1 is 1.22 bits per heavy atom. The summed E-state index contributed by atoms with van der Waals surface area (Å²) in [5.41, 5.74) is 3.87. The number of methoxy groups -OCH3 is 2. The van der Waals surface area contributed by atoms with Crippen LogP contribution in [0.2, 0.25) is 0 Å². The molecule has 1 aromatic carbocycles. The van der Waals surface area contributed by atoms with Crippen LogP contribution in [0.15, 0.2) is 36.0 Å². The number of fused-ring (bicyclic) bond motifs is 1. The Morgan fingerprint density at radius 2 is 2.00 bits per heavy atom. The summed E-state index contributed by atoms with van der Waals surface area (Å²) in [6.07, 6.45) is 6.85. The summed E-state index contributed by atoms with van der Waals surface area (Å²) in [5, 5.41) is 10.1. The van der Waals surface area contributed by atoms with Crippen LogP contribution in [0, 0.1) is 12.8 Å². The number of allylic oxidation sites excluding steroid dienone is 1. The van der Waals surface area contributed by atoms with E-state index in [4.69, 9.17) is 9.47 Å². The van der Waals surface area contributed by atoms with Gasteiger partial charge in [-0.3, -0.25) is 4.57 Å². The summed E-state index contributed by atoms with van der Waals surface area (Å²) in [6.45, 7) is 9.04. The van der Waals surface area contributed by atoms with E-state index in [-0.39, 0.29) is 0 Å². The number of ether oxygens (including phenoxy) is 2. The average molecular weight is 470 g/mol. The zero-order valence-corrected chi connectivity index (χ0v) is 20.9. The van der Waals surface area contributed by atoms with Gasteiger partial charge < -0.3 is 9.47 Å². The fourth-order valence-corrected chi connectivity index (χ4v) is 6.46. The van der Waals surface area contributed by atoms with Gasteiger partial charge in [-0.05, 0) is 67.0 Å². The third kappa shape index (κ3) is 4.59. The molecule has 0 bridgehead atoms. The quantitative estimate of drug-likeness (QED) is 0.271. The van der Waals surface area contributed by atoms with Crippen LogP contribution in [0.3, 0.4) is 0 Å². The van der Waals surface area contributed by atoms with Crippen LogP contribution < -0.4 is 9.47 Å². The monoisotopic (exact) mass is 469 g/mol. The molecule has 0 spiro atoms. The van der Waals surface area contributed by atoms with Crippen molar-refractivity contribution in [3.63, 3.8) is 0 Å². The molecule has 1 aliphatic rings. The lowest BCUT2D eigenvalue weighted by molar-refractivity contribution is 0.354. The van der Waals surface area contributed by atoms with E-state index in [1.54, 1.807) is 26.0 Å². The molecule has 0 radical (unpaired) electrons. The number of nitrogens with zero attached hydrogens (tertiary/aromatic N) is 3. The van der Waals surface area contributed by atoms with Crippen LogP contribution in [0.1, 0.15) is 41.3 Å². The average Bonchev–Trinajstić information content (AvgIpc) is 3.41. The zero-order chi connectivity index (χ0) is 22.7. The third-order valence-corrected chi connectivity index (χ3v) is 8.46. The molecule has 3 aromatic rings. The molecule has 2 heterocycles. The maximum Gasteiger partial charge on any atom is 0.192 e. The highest BCUT2D eigenvalue weighted by Gasteiger charge is 2.23. The number of aryl methyl sites for hydroxylation is 2. The number of hydrogen-bond acceptors (Lipinski definition) is 6. The van der Waals surface area contributed by atoms with E-state index in [0.717, 1.165) is 34.2 Å². The smallest absolute Gasteiger partial charge is 0.192 e. The van der Waals surface area contributed by atoms with Gasteiger partial charge in [-0.15, -0.1) is 28.1 Å². The molecular weight excluding hydrogens is 438 g/mol. The van der Waals surface area contributed by atoms with Crippen molar-refractivity contribution < 1.29 is 9.47 Å². The lowest BCUT2D eigenvalue weighted by atomic mass is 9.87. The number of rotatable bonds is 9. The van der Waals surface area contributed by atoms with Gasteiger partial charge in [0.05, 0.1) is 19.1 Å². The Kier molecular flexibility index (Phi) is 7.26. The molecule has 4 rings (SSSR count). The molecular formula is C25H31N3O2S2. The topological polar surface area (TPSA) is 49.2 Å². The SMILES string of the molecule is C=CCn1c(SCc2cc(OC)c(OC)cc2C)nnc1-c1cc2c(s1)CCC(CC)C2. The highest BCUT2D eigenvalue weighted by molar-refractivity contribution is 7.98. The van der Waals surface area contributed by atoms with Crippen molar-refractivity contribution in [3.8, 4) is 22.2 Å². The summed E-state index contributed by atoms with van der Waals surface area (Å²) in [7, 11) is 3.33. The van der Waals surface area contributed by atoms with Crippen LogP contribution >= 0.6 is 23.1 Å². The van der Waals surface area contributed by atoms with Crippen LogP contribution in [0.4, 0.5) is 0 Å². The summed E-state index contributed by atoms with van der Waals surface area (Å²) < 4.78 is 13.1. The Bertz CT molecular complexity index is 1100. The molecule has 170 valence electrons. The predicted molar refractivity (Wildman–Crippen MR) is 133 cm³/mol. The number of thioether (sulfide) groups is 1. The second kappa shape index (κ2) is 10.1. The first-order chi connectivity index (χ1) is 15.6. The van der Waals surface area contributed by atoms with Gasteiger partial charge in [0.25, 0.3) is 0 Å². The lowest BCUT2D eigenvalue weighted by Gasteiger charge is -2.19. The Labute approximate surface area is 198 Å². The fourth-order valence-electron chi connectivity index (χ4n) is 4.25. The van der Waals surface area contributed by atoms with Crippen molar-refractivity contribution in [3.05, 3.63) is 52.4 Å². The van der Waals surface area contributed by atoms with Crippen molar-refractivity contribution in [1.29, 1.82) is 0 Å². The highest BCUT2D eigenvalue weighted by atomic mass is 32.2. The van der Waals surface area contributed by atoms with E-state index < -0.39 is 0 Å². The standard InChI is InChI=1S/C25H31N3O2S2/c1-6-10-28-24(23-14-18-12-17(7-2)8-9-22(18)32-23)26-27-25(28)31-15-19-13-21(30-5)20(29-4)11-16(19)3/h6,11,13-14,17H,1,7-10,12,15H2,2-5H3. The minimum Gasteiger partial charge on any atom is -0.493 e. The van der Waals surface area contributed by atoms with Gasteiger partial charge in [0.2, 0.25) is 0 Å². The Hall–Kier alpha value is -2.25. The van der Waals surface area contributed by atoms with Crippen molar-refractivity contribution in [2.24, 2.45) is 5.92 Å². The second-order valence-corrected chi connectivity index (χ2v) is 10.3. The fraction of sp³-hybridized carbons (Fsp3) is 0.440. The maximum atomic E-state index is 5.48. The van der Waals surface area contributed by atoms with Crippen LogP contribution in [0.5, 0.6) is 11.5 Å². The molecule has 1 atom stereocenters. The van der Waals surface area contributed by atoms with Crippen molar-refractivity contribution in [2.75, 3.05) is 14.2 Å². The van der Waals surface area contributed by atoms with E-state index in [0.29, 0.717) is 6.54 Å². The molecule has 0 fully saturated rings. The minimum atomic E-state index is 0.690. The Morgan fingerprint density at radius 3 is 2.72 bits per heavy atom. The molecule has 2 aromatic heterocycles. The van der Waals surface area contributed by atoms with Crippen molar-refractivity contribution in [1.82, 2.24) is 14.8 Å². The molecule has 0 N–H and O–H groups in total. The summed E-state index contributed by atoms with van der Waals surface area (Å²) >= 11 is 3.57. The van der Waals surface area contributed by atoms with Crippen LogP contribution in [-0.2, 0) is 25.1 Å². The van der Waals surface area contributed by atoms with Crippen LogP contribution in [-0.4, -0.2) is 29.0 Å². The van der Waals surface area contributed by atoms with Gasteiger partial charge in [-0.2, -0.15) is 0 Å². The number of hydrogen-bond donors (Lipinski definition) is 0. The summed E-state index contributed by atoms with van der Waals surface area (Å²) in [6, 6.07) is 6.42. The Balaban J connectivity index is 1.58. The molecule has 0 saturated carbocycles.